The number of likely N-dealkylation sites (tertiary alicyclic amines) is 1. The standard InChI is InChI=1S/C16H22N2O2/c1-2-12-4-3-5-14(8-12)17-15(19)9-18-10-16(20,11-18)13-6-7-13/h3-5,8,13,20H,2,6-7,9-11H2,1H3,(H,17,19). The summed E-state index contributed by atoms with van der Waals surface area (Å²) in [5.41, 5.74) is 1.56. The van der Waals surface area contributed by atoms with E-state index in [2.05, 4.69) is 18.3 Å². The smallest absolute Gasteiger partial charge is 0.238 e. The summed E-state index contributed by atoms with van der Waals surface area (Å²) in [6.07, 6.45) is 3.24. The highest BCUT2D eigenvalue weighted by Gasteiger charge is 2.51. The van der Waals surface area contributed by atoms with Gasteiger partial charge in [-0.3, -0.25) is 9.69 Å². The zero-order valence-electron chi connectivity index (χ0n) is 11.9. The Bertz CT molecular complexity index is 505. The van der Waals surface area contributed by atoms with E-state index in [1.165, 1.54) is 5.56 Å². The molecule has 4 nitrogen and oxygen atoms in total. The van der Waals surface area contributed by atoms with Crippen LogP contribution in [0.15, 0.2) is 24.3 Å². The molecule has 1 saturated heterocycles. The van der Waals surface area contributed by atoms with Crippen LogP contribution < -0.4 is 5.32 Å². The molecule has 1 heterocycles. The molecule has 2 fully saturated rings. The molecule has 2 aliphatic rings. The van der Waals surface area contributed by atoms with Gasteiger partial charge in [0.2, 0.25) is 5.91 Å². The van der Waals surface area contributed by atoms with Crippen molar-refractivity contribution in [2.75, 3.05) is 25.0 Å². The van der Waals surface area contributed by atoms with E-state index >= 15 is 0 Å². The largest absolute Gasteiger partial charge is 0.387 e. The van der Waals surface area contributed by atoms with E-state index in [1.807, 2.05) is 23.1 Å². The second kappa shape index (κ2) is 5.19. The van der Waals surface area contributed by atoms with Crippen LogP contribution >= 0.6 is 0 Å². The lowest BCUT2D eigenvalue weighted by atomic mass is 9.89. The summed E-state index contributed by atoms with van der Waals surface area (Å²) < 4.78 is 0. The number of rotatable bonds is 5. The van der Waals surface area contributed by atoms with Crippen LogP contribution in [0.5, 0.6) is 0 Å². The number of benzene rings is 1. The van der Waals surface area contributed by atoms with E-state index in [0.29, 0.717) is 25.6 Å². The minimum absolute atomic E-state index is 0.00361. The third kappa shape index (κ3) is 2.86. The van der Waals surface area contributed by atoms with Gasteiger partial charge in [0.15, 0.2) is 0 Å². The van der Waals surface area contributed by atoms with Gasteiger partial charge in [0, 0.05) is 18.8 Å². The first kappa shape index (κ1) is 13.6. The van der Waals surface area contributed by atoms with Gasteiger partial charge in [0.1, 0.15) is 0 Å². The quantitative estimate of drug-likeness (QED) is 0.858. The molecule has 0 atom stereocenters. The summed E-state index contributed by atoms with van der Waals surface area (Å²) in [7, 11) is 0. The van der Waals surface area contributed by atoms with Crippen LogP contribution in [0.4, 0.5) is 5.69 Å². The summed E-state index contributed by atoms with van der Waals surface area (Å²) in [4.78, 5) is 14.0. The molecule has 1 amide bonds. The SMILES string of the molecule is CCc1cccc(NC(=O)CN2CC(O)(C3CC3)C2)c1. The number of β-amino-alcohol motifs (C(OH)–C–C–N with tert-alkyl or cyclic N) is 1. The number of anilines is 1. The number of nitrogens with zero attached hydrogens (tertiary/aromatic N) is 1. The van der Waals surface area contributed by atoms with Gasteiger partial charge in [-0.15, -0.1) is 0 Å². The van der Waals surface area contributed by atoms with Crippen molar-refractivity contribution < 1.29 is 9.90 Å². The number of aryl methyl sites for hydroxylation is 1. The minimum atomic E-state index is -0.512. The van der Waals surface area contributed by atoms with E-state index in [1.54, 1.807) is 0 Å². The summed E-state index contributed by atoms with van der Waals surface area (Å²) in [6.45, 7) is 3.74. The van der Waals surface area contributed by atoms with Gasteiger partial charge in [-0.1, -0.05) is 19.1 Å². The first-order chi connectivity index (χ1) is 9.59. The normalized spacial score (nSPS) is 21.3. The topological polar surface area (TPSA) is 52.6 Å². The van der Waals surface area contributed by atoms with Crippen molar-refractivity contribution in [3.8, 4) is 0 Å². The molecule has 4 heteroatoms. The summed E-state index contributed by atoms with van der Waals surface area (Å²) in [5.74, 6) is 0.471. The average Bonchev–Trinajstić information content (AvgIpc) is 3.21. The number of carbonyl (C=O) groups excluding carboxylic acids is 1. The van der Waals surface area contributed by atoms with Gasteiger partial charge in [-0.2, -0.15) is 0 Å². The van der Waals surface area contributed by atoms with Crippen molar-refractivity contribution in [1.82, 2.24) is 4.90 Å². The van der Waals surface area contributed by atoms with Crippen molar-refractivity contribution in [3.05, 3.63) is 29.8 Å². The third-order valence-corrected chi connectivity index (χ3v) is 4.32. The molecule has 1 aliphatic heterocycles. The third-order valence-electron chi connectivity index (χ3n) is 4.32. The lowest BCUT2D eigenvalue weighted by molar-refractivity contribution is -0.132. The molecular formula is C16H22N2O2. The fraction of sp³-hybridized carbons (Fsp3) is 0.562. The summed E-state index contributed by atoms with van der Waals surface area (Å²) in [5, 5.41) is 13.1. The second-order valence-corrected chi connectivity index (χ2v) is 6.13. The molecule has 108 valence electrons. The fourth-order valence-corrected chi connectivity index (χ4v) is 2.99. The van der Waals surface area contributed by atoms with Crippen LogP contribution in [0, 0.1) is 5.92 Å². The number of nitrogens with one attached hydrogen (secondary N) is 1. The number of amides is 1. The molecular weight excluding hydrogens is 252 g/mol. The monoisotopic (exact) mass is 274 g/mol. The van der Waals surface area contributed by atoms with Crippen LogP contribution in [0.25, 0.3) is 0 Å². The highest BCUT2D eigenvalue weighted by atomic mass is 16.3. The van der Waals surface area contributed by atoms with Gasteiger partial charge in [0.25, 0.3) is 0 Å². The Hall–Kier alpha value is -1.39. The minimum Gasteiger partial charge on any atom is -0.387 e. The molecule has 2 N–H and O–H groups in total. The van der Waals surface area contributed by atoms with Crippen molar-refractivity contribution in [2.24, 2.45) is 5.92 Å². The van der Waals surface area contributed by atoms with E-state index < -0.39 is 5.60 Å². The Kier molecular flexibility index (Phi) is 3.52. The number of hydrogen-bond donors (Lipinski definition) is 2. The van der Waals surface area contributed by atoms with Crippen LogP contribution in [0.2, 0.25) is 0 Å². The highest BCUT2D eigenvalue weighted by Crippen LogP contribution is 2.44. The molecule has 0 spiro atoms. The van der Waals surface area contributed by atoms with Crippen molar-refractivity contribution >= 4 is 11.6 Å². The maximum Gasteiger partial charge on any atom is 0.238 e. The van der Waals surface area contributed by atoms with E-state index in [4.69, 9.17) is 0 Å². The maximum atomic E-state index is 12.0. The Labute approximate surface area is 119 Å². The summed E-state index contributed by atoms with van der Waals surface area (Å²) >= 11 is 0. The molecule has 0 unspecified atom stereocenters. The molecule has 1 saturated carbocycles. The molecule has 1 aliphatic carbocycles. The average molecular weight is 274 g/mol. The predicted molar refractivity (Wildman–Crippen MR) is 78.6 cm³/mol. The Morgan fingerprint density at radius 2 is 2.20 bits per heavy atom. The maximum absolute atomic E-state index is 12.0. The van der Waals surface area contributed by atoms with E-state index in [0.717, 1.165) is 24.9 Å². The van der Waals surface area contributed by atoms with Gasteiger partial charge >= 0.3 is 0 Å². The molecule has 0 bridgehead atoms. The lowest BCUT2D eigenvalue weighted by Crippen LogP contribution is -2.64. The predicted octanol–water partition coefficient (Wildman–Crippen LogP) is 1.64. The van der Waals surface area contributed by atoms with Gasteiger partial charge in [-0.05, 0) is 42.9 Å². The molecule has 0 radical (unpaired) electrons. The van der Waals surface area contributed by atoms with Crippen molar-refractivity contribution in [3.63, 3.8) is 0 Å². The Morgan fingerprint density at radius 1 is 1.45 bits per heavy atom. The Morgan fingerprint density at radius 3 is 2.85 bits per heavy atom. The lowest BCUT2D eigenvalue weighted by Gasteiger charge is -2.46. The number of aliphatic hydroxyl groups is 1. The van der Waals surface area contributed by atoms with Gasteiger partial charge in [0.05, 0.1) is 12.1 Å². The van der Waals surface area contributed by atoms with Gasteiger partial charge < -0.3 is 10.4 Å². The number of hydrogen-bond acceptors (Lipinski definition) is 3. The van der Waals surface area contributed by atoms with Crippen LogP contribution in [-0.2, 0) is 11.2 Å². The zero-order chi connectivity index (χ0) is 14.2. The van der Waals surface area contributed by atoms with Crippen LogP contribution in [0.1, 0.15) is 25.3 Å². The Balaban J connectivity index is 1.48. The van der Waals surface area contributed by atoms with Crippen LogP contribution in [-0.4, -0.2) is 41.1 Å². The molecule has 3 rings (SSSR count). The first-order valence-corrected chi connectivity index (χ1v) is 7.42. The first-order valence-electron chi connectivity index (χ1n) is 7.42. The zero-order valence-corrected chi connectivity index (χ0v) is 11.9. The number of carbonyl (C=O) groups is 1. The fourth-order valence-electron chi connectivity index (χ4n) is 2.99. The van der Waals surface area contributed by atoms with Crippen molar-refractivity contribution in [2.45, 2.75) is 31.8 Å². The highest BCUT2D eigenvalue weighted by molar-refractivity contribution is 5.92. The van der Waals surface area contributed by atoms with E-state index in [9.17, 15) is 9.90 Å². The summed E-state index contributed by atoms with van der Waals surface area (Å²) in [6, 6.07) is 7.94. The van der Waals surface area contributed by atoms with Crippen LogP contribution in [0.3, 0.4) is 0 Å². The van der Waals surface area contributed by atoms with Gasteiger partial charge in [-0.25, -0.2) is 0 Å². The molecule has 1 aromatic carbocycles. The molecule has 1 aromatic rings. The second-order valence-electron chi connectivity index (χ2n) is 6.13. The molecule has 20 heavy (non-hydrogen) atoms. The van der Waals surface area contributed by atoms with Crippen molar-refractivity contribution in [1.29, 1.82) is 0 Å². The van der Waals surface area contributed by atoms with E-state index in [-0.39, 0.29) is 5.91 Å². The molecule has 0 aromatic heterocycles.